The molecule has 2 heterocycles. The van der Waals surface area contributed by atoms with Gasteiger partial charge in [0.1, 0.15) is 18.8 Å². The summed E-state index contributed by atoms with van der Waals surface area (Å²) in [4.78, 5) is 19.3. The fourth-order valence-corrected chi connectivity index (χ4v) is 7.78. The molecule has 6 nitrogen and oxygen atoms in total. The molecule has 46 heavy (non-hydrogen) atoms. The van der Waals surface area contributed by atoms with E-state index in [-0.39, 0.29) is 35.9 Å². The van der Waals surface area contributed by atoms with Gasteiger partial charge in [-0.3, -0.25) is 9.63 Å². The van der Waals surface area contributed by atoms with Gasteiger partial charge >= 0.3 is 5.97 Å². The number of carbonyl (C=O) groups excluding carboxylic acids is 1. The molecule has 0 aromatic heterocycles. The minimum atomic E-state index is -0.698. The molecule has 1 aromatic carbocycles. The number of rotatable bonds is 23. The number of esters is 1. The Morgan fingerprint density at radius 3 is 1.91 bits per heavy atom. The van der Waals surface area contributed by atoms with Gasteiger partial charge < -0.3 is 14.2 Å². The van der Waals surface area contributed by atoms with E-state index in [0.717, 1.165) is 32.1 Å². The molecule has 0 radical (unpaired) electrons. The molecule has 2 aliphatic heterocycles. The van der Waals surface area contributed by atoms with Crippen molar-refractivity contribution in [1.29, 1.82) is 0 Å². The highest BCUT2D eigenvalue weighted by molar-refractivity contribution is 5.69. The van der Waals surface area contributed by atoms with Crippen molar-refractivity contribution in [2.75, 3.05) is 13.2 Å². The zero-order valence-corrected chi connectivity index (χ0v) is 30.6. The van der Waals surface area contributed by atoms with Gasteiger partial charge in [-0.15, -0.1) is 0 Å². The third-order valence-corrected chi connectivity index (χ3v) is 10.5. The third-order valence-electron chi connectivity index (χ3n) is 10.5. The fraction of sp³-hybridized carbons (Fsp3) is 0.825. The maximum Gasteiger partial charge on any atom is 0.305 e. The van der Waals surface area contributed by atoms with E-state index in [1.165, 1.54) is 89.0 Å². The number of unbranched alkanes of at least 4 members (excludes halogenated alkanes) is 14. The van der Waals surface area contributed by atoms with Gasteiger partial charge in [0, 0.05) is 24.8 Å². The molecular formula is C40H69NO5. The molecule has 0 amide bonds. The molecule has 0 bridgehead atoms. The molecule has 0 N–H and O–H groups in total. The zero-order chi connectivity index (χ0) is 33.3. The zero-order valence-electron chi connectivity index (χ0n) is 30.6. The van der Waals surface area contributed by atoms with E-state index in [1.807, 2.05) is 6.07 Å². The molecule has 2 saturated heterocycles. The highest BCUT2D eigenvalue weighted by Crippen LogP contribution is 2.52. The van der Waals surface area contributed by atoms with Gasteiger partial charge in [0.2, 0.25) is 0 Å². The summed E-state index contributed by atoms with van der Waals surface area (Å²) in [7, 11) is 0. The van der Waals surface area contributed by atoms with Crippen LogP contribution in [-0.4, -0.2) is 47.2 Å². The standard InChI is InChI=1S/C40H69NO5/c1-7-10-11-12-13-14-15-16-17-18-19-20-21-22-26-29-37(42)43-30-36-31-44-40(45-36)32-38(5,6)41(39(8-2,9-3)33-40)46-34(4)35-27-24-23-25-28-35/h23-25,27-28,34,36H,7-22,26,29-33H2,1-6H3. The lowest BCUT2D eigenvalue weighted by atomic mass is 9.73. The lowest BCUT2D eigenvalue weighted by Gasteiger charge is -2.59. The maximum atomic E-state index is 12.5. The second-order valence-corrected chi connectivity index (χ2v) is 14.9. The second kappa shape index (κ2) is 20.1. The molecule has 3 unspecified atom stereocenters. The molecule has 1 spiro atoms. The lowest BCUT2D eigenvalue weighted by Crippen LogP contribution is -2.67. The highest BCUT2D eigenvalue weighted by atomic mass is 16.8. The van der Waals surface area contributed by atoms with Crippen LogP contribution in [0.3, 0.4) is 0 Å². The Kier molecular flexibility index (Phi) is 17.1. The third kappa shape index (κ3) is 12.2. The van der Waals surface area contributed by atoms with Crippen LogP contribution in [0.4, 0.5) is 0 Å². The molecule has 2 fully saturated rings. The molecule has 3 rings (SSSR count). The average Bonchev–Trinajstić information content (AvgIpc) is 3.44. The maximum absolute atomic E-state index is 12.5. The summed E-state index contributed by atoms with van der Waals surface area (Å²) in [6.07, 6.45) is 23.2. The van der Waals surface area contributed by atoms with Crippen LogP contribution >= 0.6 is 0 Å². The molecular weight excluding hydrogens is 574 g/mol. The van der Waals surface area contributed by atoms with Crippen molar-refractivity contribution < 1.29 is 23.8 Å². The van der Waals surface area contributed by atoms with E-state index in [0.29, 0.717) is 19.4 Å². The van der Waals surface area contributed by atoms with Gasteiger partial charge in [-0.25, -0.2) is 0 Å². The normalized spacial score (nSPS) is 23.1. The van der Waals surface area contributed by atoms with Crippen molar-refractivity contribution >= 4 is 5.97 Å². The van der Waals surface area contributed by atoms with Gasteiger partial charge in [-0.05, 0) is 45.6 Å². The van der Waals surface area contributed by atoms with E-state index in [4.69, 9.17) is 19.0 Å². The Balaban J connectivity index is 1.32. The smallest absolute Gasteiger partial charge is 0.305 e. The first kappa shape index (κ1) is 39.0. The lowest BCUT2D eigenvalue weighted by molar-refractivity contribution is -0.360. The number of nitrogens with zero attached hydrogens (tertiary/aromatic N) is 1. The van der Waals surface area contributed by atoms with Crippen LogP contribution in [0.15, 0.2) is 30.3 Å². The van der Waals surface area contributed by atoms with Crippen LogP contribution in [0.1, 0.15) is 182 Å². The van der Waals surface area contributed by atoms with Crippen LogP contribution in [0, 0.1) is 0 Å². The second-order valence-electron chi connectivity index (χ2n) is 14.9. The predicted molar refractivity (Wildman–Crippen MR) is 188 cm³/mol. The SMILES string of the molecule is CCCCCCCCCCCCCCCCCC(=O)OCC1COC2(CC(C)(C)N(OC(C)c3ccccc3)C(CC)(CC)C2)O1. The predicted octanol–water partition coefficient (Wildman–Crippen LogP) is 11.0. The number of carbonyl (C=O) groups is 1. The first-order valence-electron chi connectivity index (χ1n) is 19.2. The summed E-state index contributed by atoms with van der Waals surface area (Å²) < 4.78 is 18.8. The fourth-order valence-electron chi connectivity index (χ4n) is 7.78. The molecule has 1 aromatic rings. The van der Waals surface area contributed by atoms with E-state index in [1.54, 1.807) is 0 Å². The van der Waals surface area contributed by atoms with E-state index < -0.39 is 5.79 Å². The van der Waals surface area contributed by atoms with E-state index >= 15 is 0 Å². The molecule has 2 aliphatic rings. The minimum Gasteiger partial charge on any atom is -0.463 e. The largest absolute Gasteiger partial charge is 0.463 e. The topological polar surface area (TPSA) is 57.2 Å². The van der Waals surface area contributed by atoms with Gasteiger partial charge in [0.05, 0.1) is 12.1 Å². The summed E-state index contributed by atoms with van der Waals surface area (Å²) >= 11 is 0. The Morgan fingerprint density at radius 2 is 1.37 bits per heavy atom. The Bertz CT molecular complexity index is 964. The van der Waals surface area contributed by atoms with Crippen molar-refractivity contribution in [1.82, 2.24) is 5.06 Å². The van der Waals surface area contributed by atoms with Gasteiger partial charge in [0.15, 0.2) is 5.79 Å². The first-order chi connectivity index (χ1) is 22.2. The van der Waals surface area contributed by atoms with Crippen molar-refractivity contribution in [3.63, 3.8) is 0 Å². The van der Waals surface area contributed by atoms with Gasteiger partial charge in [0.25, 0.3) is 0 Å². The van der Waals surface area contributed by atoms with Gasteiger partial charge in [-0.1, -0.05) is 141 Å². The monoisotopic (exact) mass is 644 g/mol. The Hall–Kier alpha value is -1.47. The highest BCUT2D eigenvalue weighted by Gasteiger charge is 2.60. The molecule has 0 aliphatic carbocycles. The van der Waals surface area contributed by atoms with Crippen LogP contribution in [0.2, 0.25) is 0 Å². The summed E-state index contributed by atoms with van der Waals surface area (Å²) in [6, 6.07) is 10.4. The number of ether oxygens (including phenoxy) is 3. The van der Waals surface area contributed by atoms with Crippen LogP contribution in [0.5, 0.6) is 0 Å². The number of piperidine rings is 1. The van der Waals surface area contributed by atoms with Gasteiger partial charge in [-0.2, -0.15) is 5.06 Å². The first-order valence-corrected chi connectivity index (χ1v) is 19.2. The molecule has 0 saturated carbocycles. The van der Waals surface area contributed by atoms with Crippen molar-refractivity contribution in [2.45, 2.75) is 199 Å². The van der Waals surface area contributed by atoms with Crippen LogP contribution < -0.4 is 0 Å². The Morgan fingerprint density at radius 1 is 0.826 bits per heavy atom. The van der Waals surface area contributed by atoms with Crippen molar-refractivity contribution in [3.05, 3.63) is 35.9 Å². The number of benzene rings is 1. The summed E-state index contributed by atoms with van der Waals surface area (Å²) in [5.74, 6) is -0.814. The van der Waals surface area contributed by atoms with Crippen molar-refractivity contribution in [2.24, 2.45) is 0 Å². The Labute approximate surface area is 282 Å². The number of hydroxylamine groups is 2. The molecule has 6 heteroatoms. The van der Waals surface area contributed by atoms with Crippen LogP contribution in [0.25, 0.3) is 0 Å². The van der Waals surface area contributed by atoms with Crippen LogP contribution in [-0.2, 0) is 23.8 Å². The quantitative estimate of drug-likeness (QED) is 0.0873. The number of hydrogen-bond donors (Lipinski definition) is 0. The van der Waals surface area contributed by atoms with E-state index in [9.17, 15) is 4.79 Å². The summed E-state index contributed by atoms with van der Waals surface area (Å²) in [6.45, 7) is 14.0. The number of hydrogen-bond acceptors (Lipinski definition) is 6. The van der Waals surface area contributed by atoms with Crippen molar-refractivity contribution in [3.8, 4) is 0 Å². The molecule has 3 atom stereocenters. The summed E-state index contributed by atoms with van der Waals surface area (Å²) in [5, 5.41) is 2.25. The molecule has 264 valence electrons. The van der Waals surface area contributed by atoms with E-state index in [2.05, 4.69) is 70.9 Å². The minimum absolute atomic E-state index is 0.0610. The average molecular weight is 644 g/mol. The summed E-state index contributed by atoms with van der Waals surface area (Å²) in [5.41, 5.74) is 0.621.